The van der Waals surface area contributed by atoms with Crippen molar-refractivity contribution in [1.82, 2.24) is 19.9 Å². The van der Waals surface area contributed by atoms with E-state index in [1.54, 1.807) is 0 Å². The first-order valence-corrected chi connectivity index (χ1v) is 19.9. The first-order valence-electron chi connectivity index (χ1n) is 19.9. The van der Waals surface area contributed by atoms with Crippen LogP contribution >= 0.6 is 0 Å². The molecule has 6 heterocycles. The molecule has 0 aliphatic heterocycles. The summed E-state index contributed by atoms with van der Waals surface area (Å²) in [5, 5.41) is 6.46. The van der Waals surface area contributed by atoms with Gasteiger partial charge < -0.3 is 8.83 Å². The zero-order chi connectivity index (χ0) is 38.4. The molecule has 0 N–H and O–H groups in total. The third-order valence-electron chi connectivity index (χ3n) is 12.9. The first-order chi connectivity index (χ1) is 29.3. The predicted octanol–water partition coefficient (Wildman–Crippen LogP) is 13.0. The summed E-state index contributed by atoms with van der Waals surface area (Å²) >= 11 is 0. The second-order valence-electron chi connectivity index (χ2n) is 15.7. The van der Waals surface area contributed by atoms with Crippen LogP contribution in [0.4, 0.5) is 0 Å². The van der Waals surface area contributed by atoms with E-state index in [-0.39, 0.29) is 0 Å². The lowest BCUT2D eigenvalue weighted by Gasteiger charge is -2.30. The van der Waals surface area contributed by atoms with Gasteiger partial charge >= 0.3 is 0 Å². The van der Waals surface area contributed by atoms with Gasteiger partial charge in [-0.15, -0.1) is 0 Å². The molecule has 12 aromatic rings. The largest absolute Gasteiger partial charge is 0.453 e. The molecule has 6 aromatic carbocycles. The highest BCUT2D eigenvalue weighted by Gasteiger charge is 2.53. The SMILES string of the molecule is c1cnc2c(c1)C1(c3cc(-c4ccnc5c4oc4c6ccccc6ccc54)ccc3-c3ccc(-c4ccnc5c4oc4c6ccccc6ccc54)cc31)c1cccnc1-2. The Morgan fingerprint density at radius 3 is 1.34 bits per heavy atom. The van der Waals surface area contributed by atoms with Gasteiger partial charge in [0.05, 0.1) is 16.8 Å². The Morgan fingerprint density at radius 2 is 0.831 bits per heavy atom. The molecule has 0 fully saturated rings. The second-order valence-corrected chi connectivity index (χ2v) is 15.7. The summed E-state index contributed by atoms with van der Waals surface area (Å²) < 4.78 is 13.6. The van der Waals surface area contributed by atoms with E-state index in [0.717, 1.165) is 110 Å². The van der Waals surface area contributed by atoms with Crippen LogP contribution in [0.1, 0.15) is 22.3 Å². The quantitative estimate of drug-likeness (QED) is 0.175. The summed E-state index contributed by atoms with van der Waals surface area (Å²) in [6.07, 6.45) is 7.54. The van der Waals surface area contributed by atoms with Gasteiger partial charge in [0.2, 0.25) is 0 Å². The summed E-state index contributed by atoms with van der Waals surface area (Å²) in [6.45, 7) is 0. The van der Waals surface area contributed by atoms with Crippen LogP contribution in [-0.4, -0.2) is 19.9 Å². The fraction of sp³-hybridized carbons (Fsp3) is 0.0189. The molecule has 6 aromatic heterocycles. The van der Waals surface area contributed by atoms with Crippen LogP contribution in [-0.2, 0) is 5.41 Å². The molecule has 2 aliphatic rings. The van der Waals surface area contributed by atoms with Crippen LogP contribution in [0.15, 0.2) is 179 Å². The lowest BCUT2D eigenvalue weighted by Crippen LogP contribution is -2.26. The third-order valence-corrected chi connectivity index (χ3v) is 12.9. The molecular weight excluding hydrogens is 725 g/mol. The number of rotatable bonds is 2. The van der Waals surface area contributed by atoms with Crippen LogP contribution < -0.4 is 0 Å². The van der Waals surface area contributed by atoms with Crippen molar-refractivity contribution < 1.29 is 8.83 Å². The molecule has 0 unspecified atom stereocenters. The Morgan fingerprint density at radius 1 is 0.339 bits per heavy atom. The fourth-order valence-corrected chi connectivity index (χ4v) is 10.4. The average Bonchev–Trinajstić information content (AvgIpc) is 4.04. The van der Waals surface area contributed by atoms with Crippen molar-refractivity contribution in [1.29, 1.82) is 0 Å². The van der Waals surface area contributed by atoms with Gasteiger partial charge in [0.15, 0.2) is 11.2 Å². The number of furan rings is 2. The maximum absolute atomic E-state index is 6.81. The van der Waals surface area contributed by atoms with Crippen LogP contribution in [0.2, 0.25) is 0 Å². The summed E-state index contributed by atoms with van der Waals surface area (Å²) in [5.74, 6) is 0. The lowest BCUT2D eigenvalue weighted by molar-refractivity contribution is 0.672. The minimum Gasteiger partial charge on any atom is -0.453 e. The number of nitrogens with zero attached hydrogens (tertiary/aromatic N) is 4. The van der Waals surface area contributed by atoms with Crippen molar-refractivity contribution in [2.45, 2.75) is 5.41 Å². The summed E-state index contributed by atoms with van der Waals surface area (Å²) in [7, 11) is 0. The highest BCUT2D eigenvalue weighted by Crippen LogP contribution is 2.63. The molecule has 0 atom stereocenters. The Labute approximate surface area is 336 Å². The van der Waals surface area contributed by atoms with Crippen LogP contribution in [0, 0.1) is 0 Å². The first kappa shape index (κ1) is 31.2. The van der Waals surface area contributed by atoms with E-state index in [1.807, 2.05) is 36.9 Å². The van der Waals surface area contributed by atoms with E-state index >= 15 is 0 Å². The number of hydrogen-bond donors (Lipinski definition) is 0. The normalized spacial score (nSPS) is 13.6. The van der Waals surface area contributed by atoms with Crippen molar-refractivity contribution in [3.63, 3.8) is 0 Å². The summed E-state index contributed by atoms with van der Waals surface area (Å²) in [5.41, 5.74) is 17.2. The van der Waals surface area contributed by atoms with Crippen molar-refractivity contribution in [3.8, 4) is 44.8 Å². The molecule has 1 spiro atoms. The molecule has 14 rings (SSSR count). The maximum Gasteiger partial charge on any atom is 0.161 e. The molecule has 0 amide bonds. The van der Waals surface area contributed by atoms with E-state index in [4.69, 9.17) is 28.8 Å². The second kappa shape index (κ2) is 11.1. The van der Waals surface area contributed by atoms with Crippen molar-refractivity contribution in [3.05, 3.63) is 193 Å². The van der Waals surface area contributed by atoms with E-state index in [9.17, 15) is 0 Å². The fourth-order valence-electron chi connectivity index (χ4n) is 10.4. The van der Waals surface area contributed by atoms with E-state index < -0.39 is 5.41 Å². The summed E-state index contributed by atoms with van der Waals surface area (Å²) in [6, 6.07) is 51.7. The Kier molecular flexibility index (Phi) is 5.87. The number of hydrogen-bond acceptors (Lipinski definition) is 6. The van der Waals surface area contributed by atoms with Gasteiger partial charge in [0.25, 0.3) is 0 Å². The molecule has 2 aliphatic carbocycles. The number of fused-ring (bicyclic) bond motifs is 20. The van der Waals surface area contributed by atoms with Crippen molar-refractivity contribution >= 4 is 65.7 Å². The van der Waals surface area contributed by atoms with E-state index in [2.05, 4.69) is 133 Å². The van der Waals surface area contributed by atoms with Gasteiger partial charge in [-0.05, 0) is 104 Å². The molecule has 0 bridgehead atoms. The molecule has 0 saturated heterocycles. The van der Waals surface area contributed by atoms with Crippen molar-refractivity contribution in [2.24, 2.45) is 0 Å². The molecule has 0 saturated carbocycles. The number of benzene rings is 6. The average molecular weight is 753 g/mol. The minimum atomic E-state index is -0.684. The molecule has 0 radical (unpaired) electrons. The zero-order valence-electron chi connectivity index (χ0n) is 31.3. The van der Waals surface area contributed by atoms with Gasteiger partial charge in [-0.3, -0.25) is 19.9 Å². The van der Waals surface area contributed by atoms with Crippen LogP contribution in [0.3, 0.4) is 0 Å². The topological polar surface area (TPSA) is 77.8 Å². The van der Waals surface area contributed by atoms with E-state index in [0.29, 0.717) is 0 Å². The van der Waals surface area contributed by atoms with Gasteiger partial charge in [0.1, 0.15) is 22.2 Å². The van der Waals surface area contributed by atoms with Crippen molar-refractivity contribution in [2.75, 3.05) is 0 Å². The van der Waals surface area contributed by atoms with Gasteiger partial charge in [-0.2, -0.15) is 0 Å². The Balaban J connectivity index is 1.03. The third kappa shape index (κ3) is 3.90. The van der Waals surface area contributed by atoms with Gasteiger partial charge in [-0.1, -0.05) is 97.1 Å². The predicted molar refractivity (Wildman–Crippen MR) is 234 cm³/mol. The smallest absolute Gasteiger partial charge is 0.161 e. The molecule has 272 valence electrons. The molecular formula is C53H28N4O2. The monoisotopic (exact) mass is 752 g/mol. The summed E-state index contributed by atoms with van der Waals surface area (Å²) in [4.78, 5) is 19.7. The molecule has 6 heteroatoms. The zero-order valence-corrected chi connectivity index (χ0v) is 31.3. The highest BCUT2D eigenvalue weighted by atomic mass is 16.3. The Bertz CT molecular complexity index is 3570. The maximum atomic E-state index is 6.81. The standard InChI is InChI=1S/C53H28N4O2/c1-3-9-33-29(7-1)13-19-39-45-51(58-49(33)39)35(21-25-56-45)31-15-17-37-38-18-16-32(36-22-26-57-46-40-20-14-30-8-2-4-10-34(30)50(40)59-52(36)46)28-44(38)53(43(37)27-31)41-11-5-23-54-47(41)48-42(53)12-6-24-55-48/h1-28H. The van der Waals surface area contributed by atoms with Gasteiger partial charge in [0, 0.05) is 57.5 Å². The minimum absolute atomic E-state index is 0.684. The number of aromatic nitrogens is 4. The van der Waals surface area contributed by atoms with Crippen LogP contribution in [0.25, 0.3) is 110 Å². The van der Waals surface area contributed by atoms with E-state index in [1.165, 1.54) is 22.3 Å². The molecule has 59 heavy (non-hydrogen) atoms. The lowest BCUT2D eigenvalue weighted by atomic mass is 9.70. The van der Waals surface area contributed by atoms with Gasteiger partial charge in [-0.25, -0.2) is 0 Å². The molecule has 6 nitrogen and oxygen atoms in total. The highest BCUT2D eigenvalue weighted by molar-refractivity contribution is 6.17. The Hall–Kier alpha value is -7.96. The van der Waals surface area contributed by atoms with Crippen LogP contribution in [0.5, 0.6) is 0 Å². The number of pyridine rings is 4.